The number of carbonyl (C=O) groups is 3. The Bertz CT molecular complexity index is 802. The molecule has 2 aromatic rings. The van der Waals surface area contributed by atoms with Crippen LogP contribution < -0.4 is 15.3 Å². The molecule has 2 aromatic carbocycles. The van der Waals surface area contributed by atoms with Crippen molar-refractivity contribution >= 4 is 29.2 Å². The Hall–Kier alpha value is -3.22. The van der Waals surface area contributed by atoms with Crippen LogP contribution in [0.1, 0.15) is 16.8 Å². The lowest BCUT2D eigenvalue weighted by molar-refractivity contribution is -0.255. The third kappa shape index (κ3) is 2.96. The van der Waals surface area contributed by atoms with Gasteiger partial charge in [0.1, 0.15) is 11.9 Å². The van der Waals surface area contributed by atoms with E-state index in [1.165, 1.54) is 48.5 Å². The second-order valence-corrected chi connectivity index (χ2v) is 5.31. The van der Waals surface area contributed by atoms with Gasteiger partial charge in [-0.3, -0.25) is 9.59 Å². The summed E-state index contributed by atoms with van der Waals surface area (Å²) >= 11 is 0. The number of rotatable bonds is 4. The molecule has 7 heteroatoms. The number of anilines is 2. The van der Waals surface area contributed by atoms with Crippen LogP contribution in [0.5, 0.6) is 0 Å². The van der Waals surface area contributed by atoms with Gasteiger partial charge >= 0.3 is 0 Å². The van der Waals surface area contributed by atoms with Crippen LogP contribution in [0.15, 0.2) is 48.5 Å². The number of hydrogen-bond acceptors (Lipinski definition) is 5. The number of amides is 2. The van der Waals surface area contributed by atoms with Crippen LogP contribution in [0.2, 0.25) is 0 Å². The standard InChI is InChI=1S/C17H13FN2O4/c18-11-3-5-12(6-4-11)19-14-9-15(21)20(16(14)22)13-7-1-10(2-8-13)17(23)24/h1-8,14,19H,9H2,(H,23,24)/p-1/t14-/m1/s1. The van der Waals surface area contributed by atoms with Crippen molar-refractivity contribution in [2.24, 2.45) is 0 Å². The summed E-state index contributed by atoms with van der Waals surface area (Å²) in [6.45, 7) is 0. The molecule has 1 fully saturated rings. The van der Waals surface area contributed by atoms with E-state index >= 15 is 0 Å². The van der Waals surface area contributed by atoms with Crippen LogP contribution in [0, 0.1) is 5.82 Å². The molecule has 1 heterocycles. The number of aromatic carboxylic acids is 1. The van der Waals surface area contributed by atoms with E-state index in [1.807, 2.05) is 0 Å². The number of hydrogen-bond donors (Lipinski definition) is 1. The van der Waals surface area contributed by atoms with E-state index in [4.69, 9.17) is 0 Å². The van der Waals surface area contributed by atoms with Gasteiger partial charge in [-0.2, -0.15) is 0 Å². The molecule has 3 rings (SSSR count). The van der Waals surface area contributed by atoms with Crippen molar-refractivity contribution in [1.29, 1.82) is 0 Å². The summed E-state index contributed by atoms with van der Waals surface area (Å²) in [5.41, 5.74) is 0.772. The fourth-order valence-electron chi connectivity index (χ4n) is 2.51. The Morgan fingerprint density at radius 2 is 1.71 bits per heavy atom. The van der Waals surface area contributed by atoms with E-state index in [0.29, 0.717) is 11.4 Å². The first kappa shape index (κ1) is 15.7. The van der Waals surface area contributed by atoms with Crippen LogP contribution in [0.4, 0.5) is 15.8 Å². The molecule has 0 saturated carbocycles. The van der Waals surface area contributed by atoms with Crippen LogP contribution in [-0.4, -0.2) is 23.8 Å². The summed E-state index contributed by atoms with van der Waals surface area (Å²) in [6, 6.07) is 9.98. The maximum atomic E-state index is 12.9. The minimum absolute atomic E-state index is 0.0427. The van der Waals surface area contributed by atoms with Crippen molar-refractivity contribution in [3.8, 4) is 0 Å². The van der Waals surface area contributed by atoms with E-state index in [9.17, 15) is 23.9 Å². The molecule has 6 nitrogen and oxygen atoms in total. The Kier molecular flexibility index (Phi) is 3.99. The lowest BCUT2D eigenvalue weighted by Gasteiger charge is -2.16. The highest BCUT2D eigenvalue weighted by Gasteiger charge is 2.39. The maximum absolute atomic E-state index is 12.9. The molecule has 0 radical (unpaired) electrons. The predicted molar refractivity (Wildman–Crippen MR) is 81.7 cm³/mol. The average molecular weight is 327 g/mol. The average Bonchev–Trinajstić information content (AvgIpc) is 2.83. The summed E-state index contributed by atoms with van der Waals surface area (Å²) in [6.07, 6.45) is -0.0432. The van der Waals surface area contributed by atoms with Crippen molar-refractivity contribution in [2.45, 2.75) is 12.5 Å². The Labute approximate surface area is 136 Å². The molecule has 0 spiro atoms. The Morgan fingerprint density at radius 1 is 1.08 bits per heavy atom. The normalized spacial score (nSPS) is 17.2. The summed E-state index contributed by atoms with van der Waals surface area (Å²) < 4.78 is 12.9. The topological polar surface area (TPSA) is 89.5 Å². The molecule has 0 bridgehead atoms. The van der Waals surface area contributed by atoms with Crippen LogP contribution in [0.3, 0.4) is 0 Å². The molecular weight excluding hydrogens is 315 g/mol. The van der Waals surface area contributed by atoms with E-state index in [-0.39, 0.29) is 12.0 Å². The van der Waals surface area contributed by atoms with Crippen molar-refractivity contribution in [3.05, 3.63) is 59.9 Å². The number of nitrogens with one attached hydrogen (secondary N) is 1. The molecule has 0 aliphatic carbocycles. The van der Waals surface area contributed by atoms with Crippen molar-refractivity contribution in [3.63, 3.8) is 0 Å². The van der Waals surface area contributed by atoms with Crippen molar-refractivity contribution in [2.75, 3.05) is 10.2 Å². The maximum Gasteiger partial charge on any atom is 0.256 e. The number of halogens is 1. The van der Waals surface area contributed by atoms with Gasteiger partial charge in [-0.25, -0.2) is 9.29 Å². The van der Waals surface area contributed by atoms with Crippen molar-refractivity contribution in [1.82, 2.24) is 0 Å². The van der Waals surface area contributed by atoms with Crippen LogP contribution in [-0.2, 0) is 9.59 Å². The van der Waals surface area contributed by atoms with Gasteiger partial charge in [-0.1, -0.05) is 12.1 Å². The highest BCUT2D eigenvalue weighted by molar-refractivity contribution is 6.23. The molecule has 1 N–H and O–H groups in total. The van der Waals surface area contributed by atoms with Gasteiger partial charge in [0.2, 0.25) is 5.91 Å². The smallest absolute Gasteiger partial charge is 0.256 e. The first-order valence-electron chi connectivity index (χ1n) is 7.16. The van der Waals surface area contributed by atoms with Crippen LogP contribution >= 0.6 is 0 Å². The van der Waals surface area contributed by atoms with Gasteiger partial charge in [0, 0.05) is 5.69 Å². The second-order valence-electron chi connectivity index (χ2n) is 5.31. The molecule has 0 aromatic heterocycles. The third-order valence-electron chi connectivity index (χ3n) is 3.69. The minimum Gasteiger partial charge on any atom is -0.545 e. The lowest BCUT2D eigenvalue weighted by atomic mass is 10.2. The molecule has 1 aliphatic heterocycles. The molecule has 1 atom stereocenters. The largest absolute Gasteiger partial charge is 0.545 e. The molecular formula is C17H12FN2O4-. The van der Waals surface area contributed by atoms with E-state index in [0.717, 1.165) is 4.90 Å². The summed E-state index contributed by atoms with van der Waals surface area (Å²) in [5.74, 6) is -2.59. The summed E-state index contributed by atoms with van der Waals surface area (Å²) in [4.78, 5) is 36.3. The van der Waals surface area contributed by atoms with E-state index < -0.39 is 29.6 Å². The Morgan fingerprint density at radius 3 is 2.29 bits per heavy atom. The van der Waals surface area contributed by atoms with Crippen molar-refractivity contribution < 1.29 is 23.9 Å². The second kappa shape index (κ2) is 6.11. The number of nitrogens with zero attached hydrogens (tertiary/aromatic N) is 1. The van der Waals surface area contributed by atoms with E-state index in [2.05, 4.69) is 5.32 Å². The molecule has 1 aliphatic rings. The van der Waals surface area contributed by atoms with Gasteiger partial charge in [0.25, 0.3) is 5.91 Å². The summed E-state index contributed by atoms with van der Waals surface area (Å²) in [5, 5.41) is 13.6. The highest BCUT2D eigenvalue weighted by Crippen LogP contribution is 2.25. The number of imide groups is 1. The Balaban J connectivity index is 1.78. The number of carbonyl (C=O) groups excluding carboxylic acids is 3. The lowest BCUT2D eigenvalue weighted by Crippen LogP contribution is -2.34. The number of carboxylic acids is 1. The molecule has 2 amide bonds. The zero-order valence-electron chi connectivity index (χ0n) is 12.4. The molecule has 0 unspecified atom stereocenters. The van der Waals surface area contributed by atoms with Gasteiger partial charge in [-0.15, -0.1) is 0 Å². The number of carboxylic acid groups (broad SMARTS) is 1. The van der Waals surface area contributed by atoms with Gasteiger partial charge in [0.05, 0.1) is 18.1 Å². The predicted octanol–water partition coefficient (Wildman–Crippen LogP) is 0.933. The minimum atomic E-state index is -1.34. The number of benzene rings is 2. The first-order valence-corrected chi connectivity index (χ1v) is 7.16. The fraction of sp³-hybridized carbons (Fsp3) is 0.118. The zero-order valence-corrected chi connectivity index (χ0v) is 12.4. The SMILES string of the molecule is O=C([O-])c1ccc(N2C(=O)C[C@@H](Nc3ccc(F)cc3)C2=O)cc1. The molecule has 24 heavy (non-hydrogen) atoms. The van der Waals surface area contributed by atoms with E-state index in [1.54, 1.807) is 0 Å². The zero-order chi connectivity index (χ0) is 17.3. The van der Waals surface area contributed by atoms with Gasteiger partial charge in [-0.05, 0) is 42.0 Å². The molecule has 1 saturated heterocycles. The quantitative estimate of drug-likeness (QED) is 0.844. The highest BCUT2D eigenvalue weighted by atomic mass is 19.1. The fourth-order valence-corrected chi connectivity index (χ4v) is 2.51. The monoisotopic (exact) mass is 327 g/mol. The summed E-state index contributed by atoms with van der Waals surface area (Å²) in [7, 11) is 0. The van der Waals surface area contributed by atoms with Gasteiger partial charge < -0.3 is 15.2 Å². The third-order valence-corrected chi connectivity index (χ3v) is 3.69. The molecule has 122 valence electrons. The first-order chi connectivity index (χ1) is 11.5. The van der Waals surface area contributed by atoms with Crippen LogP contribution in [0.25, 0.3) is 0 Å². The van der Waals surface area contributed by atoms with Gasteiger partial charge in [0.15, 0.2) is 0 Å².